The molecule has 0 unspecified atom stereocenters. The predicted octanol–water partition coefficient (Wildman–Crippen LogP) is 4.27. The fraction of sp³-hybridized carbons (Fsp3) is 0.263. The molecule has 0 radical (unpaired) electrons. The molecule has 0 fully saturated rings. The molecule has 5 heteroatoms. The van der Waals surface area contributed by atoms with E-state index in [0.29, 0.717) is 10.8 Å². The molecule has 4 nitrogen and oxygen atoms in total. The number of rotatable bonds is 6. The lowest BCUT2D eigenvalue weighted by Gasteiger charge is -2.09. The molecule has 1 amide bonds. The van der Waals surface area contributed by atoms with Crippen LogP contribution in [-0.4, -0.2) is 18.2 Å². The molecule has 0 saturated heterocycles. The lowest BCUT2D eigenvalue weighted by Crippen LogP contribution is -2.26. The van der Waals surface area contributed by atoms with Crippen LogP contribution in [0.2, 0.25) is 5.02 Å². The number of ether oxygens (including phenoxy) is 1. The monoisotopic (exact) mass is 344 g/mol. The third kappa shape index (κ3) is 5.10. The number of nitrogens with one attached hydrogen (secondary N) is 1. The van der Waals surface area contributed by atoms with Gasteiger partial charge in [-0.25, -0.2) is 5.43 Å². The van der Waals surface area contributed by atoms with E-state index in [0.717, 1.165) is 23.3 Å². The van der Waals surface area contributed by atoms with E-state index in [-0.39, 0.29) is 12.5 Å². The normalized spacial score (nSPS) is 11.2. The Labute approximate surface area is 147 Å². The first-order valence-electron chi connectivity index (χ1n) is 7.81. The van der Waals surface area contributed by atoms with Crippen LogP contribution in [0, 0.1) is 13.8 Å². The fourth-order valence-electron chi connectivity index (χ4n) is 2.17. The van der Waals surface area contributed by atoms with Crippen LogP contribution < -0.4 is 10.2 Å². The third-order valence-corrected chi connectivity index (χ3v) is 3.77. The third-order valence-electron chi connectivity index (χ3n) is 3.53. The number of benzene rings is 2. The summed E-state index contributed by atoms with van der Waals surface area (Å²) in [7, 11) is 0. The molecular formula is C19H21ClN2O2. The Bertz CT molecular complexity index is 740. The van der Waals surface area contributed by atoms with Gasteiger partial charge in [-0.2, -0.15) is 5.10 Å². The van der Waals surface area contributed by atoms with E-state index in [1.54, 1.807) is 18.2 Å². The van der Waals surface area contributed by atoms with Crippen LogP contribution in [-0.2, 0) is 4.79 Å². The van der Waals surface area contributed by atoms with Gasteiger partial charge in [-0.15, -0.1) is 0 Å². The van der Waals surface area contributed by atoms with Gasteiger partial charge in [0.2, 0.25) is 0 Å². The average Bonchev–Trinajstić information content (AvgIpc) is 2.56. The molecule has 0 aliphatic heterocycles. The summed E-state index contributed by atoms with van der Waals surface area (Å²) in [5.41, 5.74) is 6.44. The molecule has 24 heavy (non-hydrogen) atoms. The number of aryl methyl sites for hydroxylation is 2. The van der Waals surface area contributed by atoms with Gasteiger partial charge in [-0.05, 0) is 49.6 Å². The van der Waals surface area contributed by atoms with Crippen molar-refractivity contribution in [2.45, 2.75) is 27.2 Å². The smallest absolute Gasteiger partial charge is 0.277 e. The zero-order valence-electron chi connectivity index (χ0n) is 14.1. The highest BCUT2D eigenvalue weighted by Crippen LogP contribution is 2.21. The highest BCUT2D eigenvalue weighted by molar-refractivity contribution is 6.30. The van der Waals surface area contributed by atoms with Crippen molar-refractivity contribution in [1.82, 2.24) is 5.43 Å². The molecule has 2 rings (SSSR count). The second kappa shape index (κ2) is 8.50. The lowest BCUT2D eigenvalue weighted by atomic mass is 10.1. The molecular weight excluding hydrogens is 324 g/mol. The van der Waals surface area contributed by atoms with Crippen molar-refractivity contribution < 1.29 is 9.53 Å². The summed E-state index contributed by atoms with van der Waals surface area (Å²) < 4.78 is 5.50. The molecule has 0 aliphatic carbocycles. The summed E-state index contributed by atoms with van der Waals surface area (Å²) in [6.07, 6.45) is 0.723. The molecule has 0 saturated carbocycles. The SMILES string of the molecule is CC/C(=N\NC(=O)COc1ccc(Cl)cc1C)c1ccc(C)cc1. The first-order chi connectivity index (χ1) is 11.5. The number of nitrogens with zero attached hydrogens (tertiary/aromatic N) is 1. The van der Waals surface area contributed by atoms with Gasteiger partial charge in [0.15, 0.2) is 6.61 Å². The predicted molar refractivity (Wildman–Crippen MR) is 97.8 cm³/mol. The van der Waals surface area contributed by atoms with E-state index in [4.69, 9.17) is 16.3 Å². The largest absolute Gasteiger partial charge is 0.483 e. The summed E-state index contributed by atoms with van der Waals surface area (Å²) >= 11 is 5.90. The van der Waals surface area contributed by atoms with Crippen LogP contribution in [0.3, 0.4) is 0 Å². The molecule has 2 aromatic rings. The second-order valence-corrected chi connectivity index (χ2v) is 5.95. The minimum absolute atomic E-state index is 0.100. The number of hydrogen-bond acceptors (Lipinski definition) is 3. The molecule has 0 aromatic heterocycles. The van der Waals surface area contributed by atoms with Crippen molar-refractivity contribution in [2.75, 3.05) is 6.61 Å². The average molecular weight is 345 g/mol. The quantitative estimate of drug-likeness (QED) is 0.628. The zero-order chi connectivity index (χ0) is 17.5. The number of hydrazone groups is 1. The van der Waals surface area contributed by atoms with Crippen LogP contribution in [0.1, 0.15) is 30.0 Å². The Morgan fingerprint density at radius 2 is 1.88 bits per heavy atom. The van der Waals surface area contributed by atoms with E-state index in [9.17, 15) is 4.79 Å². The van der Waals surface area contributed by atoms with Crippen LogP contribution in [0.4, 0.5) is 0 Å². The Balaban J connectivity index is 1.94. The van der Waals surface area contributed by atoms with Gasteiger partial charge < -0.3 is 4.74 Å². The lowest BCUT2D eigenvalue weighted by molar-refractivity contribution is -0.123. The van der Waals surface area contributed by atoms with Gasteiger partial charge in [0, 0.05) is 5.02 Å². The Hall–Kier alpha value is -2.33. The Morgan fingerprint density at radius 1 is 1.17 bits per heavy atom. The molecule has 126 valence electrons. The summed E-state index contributed by atoms with van der Waals surface area (Å²) in [6, 6.07) is 13.3. The van der Waals surface area contributed by atoms with Crippen LogP contribution in [0.25, 0.3) is 0 Å². The molecule has 0 aliphatic rings. The first-order valence-corrected chi connectivity index (χ1v) is 8.18. The van der Waals surface area contributed by atoms with Gasteiger partial charge in [-0.1, -0.05) is 48.4 Å². The van der Waals surface area contributed by atoms with Crippen molar-refractivity contribution >= 4 is 23.2 Å². The minimum Gasteiger partial charge on any atom is -0.483 e. The van der Waals surface area contributed by atoms with Gasteiger partial charge in [0.1, 0.15) is 5.75 Å². The highest BCUT2D eigenvalue weighted by Gasteiger charge is 2.06. The fourth-order valence-corrected chi connectivity index (χ4v) is 2.40. The van der Waals surface area contributed by atoms with Gasteiger partial charge in [-0.3, -0.25) is 4.79 Å². The number of hydrogen-bond donors (Lipinski definition) is 1. The topological polar surface area (TPSA) is 50.7 Å². The first kappa shape index (κ1) is 18.0. The second-order valence-electron chi connectivity index (χ2n) is 5.51. The van der Waals surface area contributed by atoms with Crippen LogP contribution in [0.5, 0.6) is 5.75 Å². The van der Waals surface area contributed by atoms with Crippen molar-refractivity contribution in [3.8, 4) is 5.75 Å². The number of carbonyl (C=O) groups is 1. The summed E-state index contributed by atoms with van der Waals surface area (Å²) in [4.78, 5) is 11.9. The van der Waals surface area contributed by atoms with E-state index in [2.05, 4.69) is 10.5 Å². The molecule has 2 aromatic carbocycles. The molecule has 1 N–H and O–H groups in total. The van der Waals surface area contributed by atoms with E-state index >= 15 is 0 Å². The van der Waals surface area contributed by atoms with Gasteiger partial charge in [0.25, 0.3) is 5.91 Å². The number of amides is 1. The zero-order valence-corrected chi connectivity index (χ0v) is 14.9. The van der Waals surface area contributed by atoms with E-state index in [1.807, 2.05) is 45.0 Å². The number of halogens is 1. The number of carbonyl (C=O) groups excluding carboxylic acids is 1. The van der Waals surface area contributed by atoms with E-state index < -0.39 is 0 Å². The van der Waals surface area contributed by atoms with Crippen molar-refractivity contribution in [3.05, 3.63) is 64.2 Å². The maximum Gasteiger partial charge on any atom is 0.277 e. The van der Waals surface area contributed by atoms with Crippen molar-refractivity contribution in [1.29, 1.82) is 0 Å². The molecule has 0 spiro atoms. The maximum absolute atomic E-state index is 11.9. The van der Waals surface area contributed by atoms with Crippen molar-refractivity contribution in [3.63, 3.8) is 0 Å². The highest BCUT2D eigenvalue weighted by atomic mass is 35.5. The standard InChI is InChI=1S/C19H21ClN2O2/c1-4-17(15-7-5-13(2)6-8-15)21-22-19(23)12-24-18-10-9-16(20)11-14(18)3/h5-11H,4,12H2,1-3H3,(H,22,23)/b21-17+. The summed E-state index contributed by atoms with van der Waals surface area (Å²) in [5.74, 6) is 0.329. The van der Waals surface area contributed by atoms with E-state index in [1.165, 1.54) is 5.56 Å². The van der Waals surface area contributed by atoms with Gasteiger partial charge >= 0.3 is 0 Å². The maximum atomic E-state index is 11.9. The Kier molecular flexibility index (Phi) is 6.38. The minimum atomic E-state index is -0.303. The summed E-state index contributed by atoms with van der Waals surface area (Å²) in [5, 5.41) is 4.85. The molecule has 0 heterocycles. The van der Waals surface area contributed by atoms with Crippen LogP contribution >= 0.6 is 11.6 Å². The summed E-state index contributed by atoms with van der Waals surface area (Å²) in [6.45, 7) is 5.81. The van der Waals surface area contributed by atoms with Crippen LogP contribution in [0.15, 0.2) is 47.6 Å². The van der Waals surface area contributed by atoms with Gasteiger partial charge in [0.05, 0.1) is 5.71 Å². The van der Waals surface area contributed by atoms with Crippen molar-refractivity contribution in [2.24, 2.45) is 5.10 Å². The molecule has 0 bridgehead atoms. The molecule has 0 atom stereocenters. The Morgan fingerprint density at radius 3 is 2.50 bits per heavy atom.